The van der Waals surface area contributed by atoms with E-state index in [1.54, 1.807) is 0 Å². The number of hydrogen-bond donors (Lipinski definition) is 1. The van der Waals surface area contributed by atoms with E-state index in [1.165, 1.54) is 28.7 Å². The highest BCUT2D eigenvalue weighted by Gasteiger charge is 2.24. The van der Waals surface area contributed by atoms with E-state index in [1.807, 2.05) is 6.07 Å². The first kappa shape index (κ1) is 18.5. The van der Waals surface area contributed by atoms with E-state index in [-0.39, 0.29) is 5.69 Å². The third kappa shape index (κ3) is 4.09. The van der Waals surface area contributed by atoms with Crippen molar-refractivity contribution in [3.05, 3.63) is 51.2 Å². The molecule has 4 nitrogen and oxygen atoms in total. The number of ether oxygens (including phenoxy) is 1. The molecule has 1 heterocycles. The summed E-state index contributed by atoms with van der Waals surface area (Å²) in [5.74, 6) is -2.16. The van der Waals surface area contributed by atoms with Crippen LogP contribution in [0.2, 0.25) is 0 Å². The maximum Gasteiger partial charge on any atom is 0.349 e. The Hall–Kier alpha value is -2.28. The van der Waals surface area contributed by atoms with E-state index in [0.29, 0.717) is 10.8 Å². The number of carbonyl (C=O) groups is 2. The molecule has 0 aliphatic heterocycles. The van der Waals surface area contributed by atoms with E-state index in [9.17, 15) is 18.4 Å². The fourth-order valence-corrected chi connectivity index (χ4v) is 4.00. The van der Waals surface area contributed by atoms with Crippen molar-refractivity contribution in [2.24, 2.45) is 5.92 Å². The molecule has 0 saturated heterocycles. The Morgan fingerprint density at radius 1 is 1.31 bits per heavy atom. The second-order valence-corrected chi connectivity index (χ2v) is 7.70. The SMILES string of the molecule is C[C@H]1CCc2sc(C(=O)O[C@@H](C)C(=O)Nc3cc(F)ccc3F)cc2C1. The highest BCUT2D eigenvalue weighted by atomic mass is 32.1. The number of nitrogens with one attached hydrogen (secondary N) is 1. The molecule has 7 heteroatoms. The zero-order valence-corrected chi connectivity index (χ0v) is 15.3. The Morgan fingerprint density at radius 3 is 2.85 bits per heavy atom. The fourth-order valence-electron chi connectivity index (χ4n) is 2.91. The Morgan fingerprint density at radius 2 is 2.08 bits per heavy atom. The highest BCUT2D eigenvalue weighted by molar-refractivity contribution is 7.14. The van der Waals surface area contributed by atoms with Gasteiger partial charge in [-0.25, -0.2) is 13.6 Å². The predicted octanol–water partition coefficient (Wildman–Crippen LogP) is 4.34. The lowest BCUT2D eigenvalue weighted by molar-refractivity contribution is -0.123. The van der Waals surface area contributed by atoms with Gasteiger partial charge in [-0.3, -0.25) is 4.79 Å². The molecule has 0 fully saturated rings. The molecule has 1 aromatic heterocycles. The van der Waals surface area contributed by atoms with Crippen LogP contribution in [0.5, 0.6) is 0 Å². The summed E-state index contributed by atoms with van der Waals surface area (Å²) in [6.45, 7) is 3.57. The Labute approximate surface area is 154 Å². The average molecular weight is 379 g/mol. The largest absolute Gasteiger partial charge is 0.448 e. The number of esters is 1. The molecular formula is C19H19F2NO3S. The van der Waals surface area contributed by atoms with Crippen molar-refractivity contribution in [1.82, 2.24) is 0 Å². The molecule has 0 bridgehead atoms. The molecule has 1 aliphatic carbocycles. The standard InChI is InChI=1S/C19H19F2NO3S/c1-10-3-6-16-12(7-10)8-17(26-16)19(24)25-11(2)18(23)22-15-9-13(20)4-5-14(15)21/h4-5,8-11H,3,6-7H2,1-2H3,(H,22,23)/t10-,11-/m0/s1. The molecule has 0 unspecified atom stereocenters. The third-order valence-corrected chi connectivity index (χ3v) is 5.59. The minimum atomic E-state index is -1.14. The van der Waals surface area contributed by atoms with E-state index in [2.05, 4.69) is 12.2 Å². The van der Waals surface area contributed by atoms with Crippen molar-refractivity contribution < 1.29 is 23.1 Å². The van der Waals surface area contributed by atoms with E-state index >= 15 is 0 Å². The monoisotopic (exact) mass is 379 g/mol. The summed E-state index contributed by atoms with van der Waals surface area (Å²) < 4.78 is 32.0. The van der Waals surface area contributed by atoms with E-state index in [0.717, 1.165) is 37.5 Å². The molecule has 2 aromatic rings. The Balaban J connectivity index is 1.63. The first-order valence-electron chi connectivity index (χ1n) is 8.42. The number of anilines is 1. The van der Waals surface area contributed by atoms with Crippen LogP contribution < -0.4 is 5.32 Å². The molecular weight excluding hydrogens is 360 g/mol. The number of carbonyl (C=O) groups excluding carboxylic acids is 2. The maximum absolute atomic E-state index is 13.6. The van der Waals surface area contributed by atoms with Crippen molar-refractivity contribution in [3.8, 4) is 0 Å². The van der Waals surface area contributed by atoms with Gasteiger partial charge in [0.25, 0.3) is 5.91 Å². The van der Waals surface area contributed by atoms with Gasteiger partial charge in [0.15, 0.2) is 6.10 Å². The lowest BCUT2D eigenvalue weighted by Gasteiger charge is -2.16. The molecule has 0 saturated carbocycles. The minimum Gasteiger partial charge on any atom is -0.448 e. The van der Waals surface area contributed by atoms with Gasteiger partial charge in [-0.05, 0) is 55.9 Å². The smallest absolute Gasteiger partial charge is 0.349 e. The third-order valence-electron chi connectivity index (χ3n) is 4.37. The van der Waals surface area contributed by atoms with Gasteiger partial charge in [-0.15, -0.1) is 11.3 Å². The zero-order valence-electron chi connectivity index (χ0n) is 14.5. The van der Waals surface area contributed by atoms with Crippen LogP contribution in [0.4, 0.5) is 14.5 Å². The van der Waals surface area contributed by atoms with Crippen LogP contribution in [0.25, 0.3) is 0 Å². The van der Waals surface area contributed by atoms with Gasteiger partial charge in [-0.2, -0.15) is 0 Å². The number of amides is 1. The number of fused-ring (bicyclic) bond motifs is 1. The fraction of sp³-hybridized carbons (Fsp3) is 0.368. The number of hydrogen-bond acceptors (Lipinski definition) is 4. The van der Waals surface area contributed by atoms with Gasteiger partial charge in [-0.1, -0.05) is 6.92 Å². The van der Waals surface area contributed by atoms with Crippen LogP contribution >= 0.6 is 11.3 Å². The van der Waals surface area contributed by atoms with Crippen LogP contribution in [-0.2, 0) is 22.4 Å². The molecule has 0 spiro atoms. The summed E-state index contributed by atoms with van der Waals surface area (Å²) >= 11 is 1.39. The van der Waals surface area contributed by atoms with Crippen molar-refractivity contribution >= 4 is 28.9 Å². The van der Waals surface area contributed by atoms with Crippen LogP contribution in [0, 0.1) is 17.6 Å². The number of halogens is 2. The quantitative estimate of drug-likeness (QED) is 0.805. The maximum atomic E-state index is 13.6. The van der Waals surface area contributed by atoms with Crippen molar-refractivity contribution in [2.45, 2.75) is 39.2 Å². The summed E-state index contributed by atoms with van der Waals surface area (Å²) in [6, 6.07) is 4.57. The van der Waals surface area contributed by atoms with Gasteiger partial charge < -0.3 is 10.1 Å². The highest BCUT2D eigenvalue weighted by Crippen LogP contribution is 2.32. The second kappa shape index (κ2) is 7.53. The number of rotatable bonds is 4. The lowest BCUT2D eigenvalue weighted by atomic mass is 9.90. The molecule has 1 amide bonds. The van der Waals surface area contributed by atoms with Gasteiger partial charge >= 0.3 is 5.97 Å². The molecule has 26 heavy (non-hydrogen) atoms. The zero-order chi connectivity index (χ0) is 18.8. The summed E-state index contributed by atoms with van der Waals surface area (Å²) in [7, 11) is 0. The molecule has 3 rings (SSSR count). The van der Waals surface area contributed by atoms with Gasteiger partial charge in [0, 0.05) is 10.9 Å². The Bertz CT molecular complexity index is 849. The van der Waals surface area contributed by atoms with Crippen molar-refractivity contribution in [1.29, 1.82) is 0 Å². The van der Waals surface area contributed by atoms with Gasteiger partial charge in [0.1, 0.15) is 16.5 Å². The molecule has 2 atom stereocenters. The summed E-state index contributed by atoms with van der Waals surface area (Å²) in [6.07, 6.45) is 1.85. The van der Waals surface area contributed by atoms with E-state index in [4.69, 9.17) is 4.74 Å². The van der Waals surface area contributed by atoms with Gasteiger partial charge in [0.05, 0.1) is 5.69 Å². The lowest BCUT2D eigenvalue weighted by Crippen LogP contribution is -2.30. The molecule has 1 N–H and O–H groups in total. The second-order valence-electron chi connectivity index (χ2n) is 6.57. The molecule has 0 radical (unpaired) electrons. The van der Waals surface area contributed by atoms with Crippen LogP contribution in [0.1, 0.15) is 40.4 Å². The topological polar surface area (TPSA) is 55.4 Å². The van der Waals surface area contributed by atoms with Crippen LogP contribution in [0.15, 0.2) is 24.3 Å². The van der Waals surface area contributed by atoms with E-state index < -0.39 is 29.6 Å². The van der Waals surface area contributed by atoms with Crippen molar-refractivity contribution in [2.75, 3.05) is 5.32 Å². The summed E-state index contributed by atoms with van der Waals surface area (Å²) in [5, 5.41) is 2.23. The number of thiophene rings is 1. The average Bonchev–Trinajstić information content (AvgIpc) is 3.01. The predicted molar refractivity (Wildman–Crippen MR) is 95.4 cm³/mol. The Kier molecular flexibility index (Phi) is 5.36. The molecule has 138 valence electrons. The summed E-state index contributed by atoms with van der Waals surface area (Å²) in [5.41, 5.74) is 0.873. The van der Waals surface area contributed by atoms with Gasteiger partial charge in [0.2, 0.25) is 0 Å². The minimum absolute atomic E-state index is 0.293. The molecule has 1 aliphatic rings. The first-order valence-corrected chi connectivity index (χ1v) is 9.23. The van der Waals surface area contributed by atoms with Crippen LogP contribution in [0.3, 0.4) is 0 Å². The van der Waals surface area contributed by atoms with Crippen molar-refractivity contribution in [3.63, 3.8) is 0 Å². The summed E-state index contributed by atoms with van der Waals surface area (Å²) in [4.78, 5) is 26.1. The number of benzene rings is 1. The normalized spacial score (nSPS) is 17.3. The molecule has 1 aromatic carbocycles. The number of aryl methyl sites for hydroxylation is 1. The first-order chi connectivity index (χ1) is 12.3. The van der Waals surface area contributed by atoms with Crippen LogP contribution in [-0.4, -0.2) is 18.0 Å².